The second kappa shape index (κ2) is 4.44. The number of hydrogen-bond acceptors (Lipinski definition) is 4. The SMILES string of the molecule is Nc1nn2ccnc2c(N)c1Cc1cccc(Cl)c1. The molecule has 2 heterocycles. The molecule has 0 bridgehead atoms. The van der Waals surface area contributed by atoms with Gasteiger partial charge in [-0.15, -0.1) is 5.10 Å². The normalized spacial score (nSPS) is 11.0. The van der Waals surface area contributed by atoms with Crippen molar-refractivity contribution in [3.63, 3.8) is 0 Å². The Hall–Kier alpha value is -2.27. The zero-order valence-corrected chi connectivity index (χ0v) is 10.8. The molecule has 19 heavy (non-hydrogen) atoms. The number of anilines is 2. The Morgan fingerprint density at radius 1 is 1.26 bits per heavy atom. The number of nitrogens with two attached hydrogens (primary N) is 2. The van der Waals surface area contributed by atoms with Crippen LogP contribution in [0.3, 0.4) is 0 Å². The summed E-state index contributed by atoms with van der Waals surface area (Å²) in [7, 11) is 0. The highest BCUT2D eigenvalue weighted by Crippen LogP contribution is 2.25. The van der Waals surface area contributed by atoms with Gasteiger partial charge in [-0.25, -0.2) is 9.50 Å². The molecule has 0 aliphatic heterocycles. The molecule has 3 aromatic rings. The first kappa shape index (κ1) is 11.8. The van der Waals surface area contributed by atoms with Crippen LogP contribution in [0, 0.1) is 0 Å². The van der Waals surface area contributed by atoms with Crippen LogP contribution < -0.4 is 11.5 Å². The summed E-state index contributed by atoms with van der Waals surface area (Å²) in [4.78, 5) is 4.17. The average Bonchev–Trinajstić information content (AvgIpc) is 2.83. The van der Waals surface area contributed by atoms with Gasteiger partial charge in [0.2, 0.25) is 0 Å². The molecule has 0 amide bonds. The van der Waals surface area contributed by atoms with E-state index in [2.05, 4.69) is 10.1 Å². The minimum absolute atomic E-state index is 0.406. The summed E-state index contributed by atoms with van der Waals surface area (Å²) >= 11 is 5.97. The third-order valence-corrected chi connectivity index (χ3v) is 3.22. The van der Waals surface area contributed by atoms with Crippen LogP contribution in [0.4, 0.5) is 11.5 Å². The van der Waals surface area contributed by atoms with Crippen LogP contribution in [0.1, 0.15) is 11.1 Å². The number of aromatic nitrogens is 3. The molecule has 0 radical (unpaired) electrons. The van der Waals surface area contributed by atoms with E-state index in [1.165, 1.54) is 0 Å². The topological polar surface area (TPSA) is 82.2 Å². The lowest BCUT2D eigenvalue weighted by Crippen LogP contribution is -2.08. The van der Waals surface area contributed by atoms with Crippen molar-refractivity contribution in [2.75, 3.05) is 11.5 Å². The van der Waals surface area contributed by atoms with Gasteiger partial charge in [0.05, 0.1) is 5.69 Å². The maximum absolute atomic E-state index is 6.11. The molecule has 0 atom stereocenters. The second-order valence-electron chi connectivity index (χ2n) is 4.28. The maximum atomic E-state index is 6.11. The zero-order valence-electron chi connectivity index (χ0n) is 10.0. The third-order valence-electron chi connectivity index (χ3n) is 2.98. The molecule has 4 N–H and O–H groups in total. The predicted octanol–water partition coefficient (Wildman–Crippen LogP) is 2.14. The quantitative estimate of drug-likeness (QED) is 0.749. The minimum atomic E-state index is 0.406. The van der Waals surface area contributed by atoms with Gasteiger partial charge in [-0.3, -0.25) is 0 Å². The highest BCUT2D eigenvalue weighted by Gasteiger charge is 2.12. The molecule has 2 aromatic heterocycles. The Labute approximate surface area is 114 Å². The molecule has 3 rings (SSSR count). The van der Waals surface area contributed by atoms with Gasteiger partial charge in [-0.1, -0.05) is 23.7 Å². The van der Waals surface area contributed by atoms with Crippen LogP contribution in [-0.2, 0) is 6.42 Å². The average molecular weight is 274 g/mol. The van der Waals surface area contributed by atoms with Gasteiger partial charge in [0.25, 0.3) is 0 Å². The molecule has 0 spiro atoms. The smallest absolute Gasteiger partial charge is 0.177 e. The third kappa shape index (κ3) is 2.08. The first-order valence-corrected chi connectivity index (χ1v) is 6.14. The van der Waals surface area contributed by atoms with Crippen LogP contribution >= 0.6 is 11.6 Å². The Kier molecular flexibility index (Phi) is 2.76. The first-order chi connectivity index (χ1) is 9.15. The first-order valence-electron chi connectivity index (χ1n) is 5.77. The number of fused-ring (bicyclic) bond motifs is 1. The summed E-state index contributed by atoms with van der Waals surface area (Å²) in [5.74, 6) is 0.406. The molecule has 96 valence electrons. The van der Waals surface area contributed by atoms with Crippen molar-refractivity contribution in [3.8, 4) is 0 Å². The number of benzene rings is 1. The fraction of sp³-hybridized carbons (Fsp3) is 0.0769. The molecule has 0 aliphatic rings. The summed E-state index contributed by atoms with van der Waals surface area (Å²) in [6.07, 6.45) is 3.93. The molecule has 0 saturated heterocycles. The van der Waals surface area contributed by atoms with Crippen molar-refractivity contribution >= 4 is 28.8 Å². The van der Waals surface area contributed by atoms with Crippen molar-refractivity contribution in [1.29, 1.82) is 0 Å². The van der Waals surface area contributed by atoms with Crippen molar-refractivity contribution in [1.82, 2.24) is 14.6 Å². The van der Waals surface area contributed by atoms with Crippen LogP contribution in [0.2, 0.25) is 5.02 Å². The highest BCUT2D eigenvalue weighted by atomic mass is 35.5. The highest BCUT2D eigenvalue weighted by molar-refractivity contribution is 6.30. The van der Waals surface area contributed by atoms with Gasteiger partial charge in [0, 0.05) is 29.4 Å². The Balaban J connectivity index is 2.09. The lowest BCUT2D eigenvalue weighted by Gasteiger charge is -2.10. The van der Waals surface area contributed by atoms with Gasteiger partial charge >= 0.3 is 0 Å². The van der Waals surface area contributed by atoms with Crippen LogP contribution in [0.15, 0.2) is 36.7 Å². The molecule has 6 heteroatoms. The summed E-state index contributed by atoms with van der Waals surface area (Å²) in [6, 6.07) is 7.58. The van der Waals surface area contributed by atoms with E-state index in [9.17, 15) is 0 Å². The number of hydrogen-bond donors (Lipinski definition) is 2. The molecule has 0 unspecified atom stereocenters. The van der Waals surface area contributed by atoms with Crippen molar-refractivity contribution in [3.05, 3.63) is 52.8 Å². The summed E-state index contributed by atoms with van der Waals surface area (Å²) < 4.78 is 1.58. The van der Waals surface area contributed by atoms with Gasteiger partial charge in [-0.2, -0.15) is 0 Å². The second-order valence-corrected chi connectivity index (χ2v) is 4.72. The number of rotatable bonds is 2. The largest absolute Gasteiger partial charge is 0.395 e. The molecule has 0 aliphatic carbocycles. The fourth-order valence-electron chi connectivity index (χ4n) is 2.06. The number of nitrogen functional groups attached to an aromatic ring is 2. The van der Waals surface area contributed by atoms with E-state index in [4.69, 9.17) is 23.1 Å². The van der Waals surface area contributed by atoms with Gasteiger partial charge in [0.15, 0.2) is 5.65 Å². The van der Waals surface area contributed by atoms with E-state index in [0.717, 1.165) is 11.1 Å². The van der Waals surface area contributed by atoms with E-state index in [1.54, 1.807) is 16.9 Å². The number of imidazole rings is 1. The standard InChI is InChI=1S/C13H12ClN5/c14-9-3-1-2-8(6-9)7-10-11(15)13-17-4-5-19(13)18-12(10)16/h1-6H,7,15H2,(H2,16,18). The summed E-state index contributed by atoms with van der Waals surface area (Å²) in [5.41, 5.74) is 15.1. The summed E-state index contributed by atoms with van der Waals surface area (Å²) in [6.45, 7) is 0. The molecule has 5 nitrogen and oxygen atoms in total. The van der Waals surface area contributed by atoms with Crippen molar-refractivity contribution in [2.45, 2.75) is 6.42 Å². The van der Waals surface area contributed by atoms with Crippen LogP contribution in [-0.4, -0.2) is 14.6 Å². The lowest BCUT2D eigenvalue weighted by atomic mass is 10.0. The predicted molar refractivity (Wildman–Crippen MR) is 76.1 cm³/mol. The zero-order chi connectivity index (χ0) is 13.4. The summed E-state index contributed by atoms with van der Waals surface area (Å²) in [5, 5.41) is 4.92. The minimum Gasteiger partial charge on any atom is -0.395 e. The number of nitrogens with zero attached hydrogens (tertiary/aromatic N) is 3. The van der Waals surface area contributed by atoms with Crippen molar-refractivity contribution in [2.24, 2.45) is 0 Å². The van der Waals surface area contributed by atoms with Crippen molar-refractivity contribution < 1.29 is 0 Å². The van der Waals surface area contributed by atoms with Gasteiger partial charge < -0.3 is 11.5 Å². The van der Waals surface area contributed by atoms with E-state index in [-0.39, 0.29) is 0 Å². The maximum Gasteiger partial charge on any atom is 0.177 e. The van der Waals surface area contributed by atoms with Gasteiger partial charge in [0.1, 0.15) is 5.82 Å². The van der Waals surface area contributed by atoms with Crippen LogP contribution in [0.25, 0.3) is 5.65 Å². The Morgan fingerprint density at radius 2 is 2.11 bits per heavy atom. The fourth-order valence-corrected chi connectivity index (χ4v) is 2.27. The lowest BCUT2D eigenvalue weighted by molar-refractivity contribution is 0.932. The van der Waals surface area contributed by atoms with E-state index < -0.39 is 0 Å². The monoisotopic (exact) mass is 273 g/mol. The molecular weight excluding hydrogens is 262 g/mol. The van der Waals surface area contributed by atoms with E-state index in [1.807, 2.05) is 24.3 Å². The molecular formula is C13H12ClN5. The Morgan fingerprint density at radius 3 is 2.89 bits per heavy atom. The number of halogens is 1. The molecule has 0 fully saturated rings. The molecule has 0 saturated carbocycles. The Bertz CT molecular complexity index is 750. The van der Waals surface area contributed by atoms with Crippen LogP contribution in [0.5, 0.6) is 0 Å². The molecule has 1 aromatic carbocycles. The van der Waals surface area contributed by atoms with E-state index >= 15 is 0 Å². The van der Waals surface area contributed by atoms with Gasteiger partial charge in [-0.05, 0) is 17.7 Å². The van der Waals surface area contributed by atoms with E-state index in [0.29, 0.717) is 28.6 Å².